The lowest BCUT2D eigenvalue weighted by atomic mass is 10.2. The van der Waals surface area contributed by atoms with E-state index >= 15 is 0 Å². The SMILES string of the molecule is CCOc1ccc(OCC)c(NC(N)=NCCCN2CCCC2)c1. The summed E-state index contributed by atoms with van der Waals surface area (Å²) >= 11 is 0. The van der Waals surface area contributed by atoms with E-state index in [1.54, 1.807) is 0 Å². The Bertz CT molecular complexity index is 528. The van der Waals surface area contributed by atoms with Crippen LogP contribution in [0, 0.1) is 0 Å². The number of aliphatic imine (C=N–C) groups is 1. The molecule has 0 radical (unpaired) electrons. The average molecular weight is 334 g/mol. The molecule has 0 saturated carbocycles. The topological polar surface area (TPSA) is 72.1 Å². The first-order valence-corrected chi connectivity index (χ1v) is 8.92. The van der Waals surface area contributed by atoms with Crippen LogP contribution in [-0.2, 0) is 0 Å². The van der Waals surface area contributed by atoms with Gasteiger partial charge in [0.25, 0.3) is 0 Å². The fourth-order valence-corrected chi connectivity index (χ4v) is 2.82. The van der Waals surface area contributed by atoms with Gasteiger partial charge in [-0.25, -0.2) is 0 Å². The number of hydrogen-bond acceptors (Lipinski definition) is 4. The number of rotatable bonds is 9. The quantitative estimate of drug-likeness (QED) is 0.413. The van der Waals surface area contributed by atoms with Gasteiger partial charge in [0.05, 0.1) is 18.9 Å². The van der Waals surface area contributed by atoms with Crippen LogP contribution in [0.5, 0.6) is 11.5 Å². The van der Waals surface area contributed by atoms with Crippen molar-refractivity contribution in [1.29, 1.82) is 0 Å². The minimum Gasteiger partial charge on any atom is -0.494 e. The maximum Gasteiger partial charge on any atom is 0.193 e. The minimum atomic E-state index is 0.408. The van der Waals surface area contributed by atoms with Gasteiger partial charge in [0, 0.05) is 12.6 Å². The molecule has 2 rings (SSSR count). The van der Waals surface area contributed by atoms with Crippen LogP contribution in [0.3, 0.4) is 0 Å². The van der Waals surface area contributed by atoms with Crippen molar-refractivity contribution in [2.75, 3.05) is 44.7 Å². The van der Waals surface area contributed by atoms with Crippen molar-refractivity contribution < 1.29 is 9.47 Å². The second-order valence-corrected chi connectivity index (χ2v) is 5.82. The summed E-state index contributed by atoms with van der Waals surface area (Å²) in [6, 6.07) is 5.67. The van der Waals surface area contributed by atoms with E-state index < -0.39 is 0 Å². The highest BCUT2D eigenvalue weighted by atomic mass is 16.5. The second kappa shape index (κ2) is 10.0. The summed E-state index contributed by atoms with van der Waals surface area (Å²) in [6.07, 6.45) is 3.67. The van der Waals surface area contributed by atoms with E-state index in [0.29, 0.717) is 19.2 Å². The molecule has 0 unspecified atom stereocenters. The zero-order chi connectivity index (χ0) is 17.2. The molecule has 1 saturated heterocycles. The Balaban J connectivity index is 1.88. The predicted molar refractivity (Wildman–Crippen MR) is 99.2 cm³/mol. The summed E-state index contributed by atoms with van der Waals surface area (Å²) < 4.78 is 11.2. The summed E-state index contributed by atoms with van der Waals surface area (Å²) in [6.45, 7) is 9.39. The van der Waals surface area contributed by atoms with E-state index in [1.807, 2.05) is 32.0 Å². The van der Waals surface area contributed by atoms with Crippen molar-refractivity contribution in [3.05, 3.63) is 18.2 Å². The van der Waals surface area contributed by atoms with E-state index in [2.05, 4.69) is 15.2 Å². The van der Waals surface area contributed by atoms with Gasteiger partial charge in [-0.2, -0.15) is 0 Å². The van der Waals surface area contributed by atoms with Gasteiger partial charge in [0.2, 0.25) is 0 Å². The Morgan fingerprint density at radius 1 is 1.21 bits per heavy atom. The molecule has 0 atom stereocenters. The van der Waals surface area contributed by atoms with Crippen LogP contribution >= 0.6 is 0 Å². The highest BCUT2D eigenvalue weighted by molar-refractivity contribution is 5.94. The Morgan fingerprint density at radius 2 is 1.96 bits per heavy atom. The van der Waals surface area contributed by atoms with Crippen LogP contribution < -0.4 is 20.5 Å². The highest BCUT2D eigenvalue weighted by Crippen LogP contribution is 2.29. The lowest BCUT2D eigenvalue weighted by Gasteiger charge is -2.14. The number of nitrogens with two attached hydrogens (primary N) is 1. The first kappa shape index (κ1) is 18.4. The average Bonchev–Trinajstić information content (AvgIpc) is 3.08. The summed E-state index contributed by atoms with van der Waals surface area (Å²) in [5.41, 5.74) is 6.80. The van der Waals surface area contributed by atoms with Crippen molar-refractivity contribution in [2.45, 2.75) is 33.1 Å². The molecule has 0 aromatic heterocycles. The molecule has 134 valence electrons. The van der Waals surface area contributed by atoms with Gasteiger partial charge < -0.3 is 25.4 Å². The van der Waals surface area contributed by atoms with Crippen molar-refractivity contribution in [2.24, 2.45) is 10.7 Å². The molecule has 1 fully saturated rings. The Kier molecular flexibility index (Phi) is 7.68. The van der Waals surface area contributed by atoms with Crippen LogP contribution in [0.25, 0.3) is 0 Å². The number of hydrogen-bond donors (Lipinski definition) is 2. The lowest BCUT2D eigenvalue weighted by Crippen LogP contribution is -2.24. The largest absolute Gasteiger partial charge is 0.494 e. The molecular formula is C18H30N4O2. The zero-order valence-corrected chi connectivity index (χ0v) is 14.9. The zero-order valence-electron chi connectivity index (χ0n) is 14.9. The summed E-state index contributed by atoms with van der Waals surface area (Å²) in [7, 11) is 0. The summed E-state index contributed by atoms with van der Waals surface area (Å²) in [4.78, 5) is 6.90. The third-order valence-corrected chi connectivity index (χ3v) is 3.94. The fourth-order valence-electron chi connectivity index (χ4n) is 2.82. The van der Waals surface area contributed by atoms with Gasteiger partial charge in [0.1, 0.15) is 11.5 Å². The van der Waals surface area contributed by atoms with E-state index in [0.717, 1.165) is 36.7 Å². The van der Waals surface area contributed by atoms with Gasteiger partial charge in [-0.15, -0.1) is 0 Å². The number of likely N-dealkylation sites (tertiary alicyclic amines) is 1. The van der Waals surface area contributed by atoms with E-state index in [-0.39, 0.29) is 0 Å². The fraction of sp³-hybridized carbons (Fsp3) is 0.611. The number of ether oxygens (including phenoxy) is 2. The molecule has 1 heterocycles. The van der Waals surface area contributed by atoms with Gasteiger partial charge in [-0.1, -0.05) is 0 Å². The minimum absolute atomic E-state index is 0.408. The summed E-state index contributed by atoms with van der Waals surface area (Å²) in [5.74, 6) is 1.94. The van der Waals surface area contributed by atoms with Crippen LogP contribution in [0.1, 0.15) is 33.1 Å². The number of anilines is 1. The van der Waals surface area contributed by atoms with Crippen molar-refractivity contribution in [3.63, 3.8) is 0 Å². The van der Waals surface area contributed by atoms with E-state index in [1.165, 1.54) is 25.9 Å². The second-order valence-electron chi connectivity index (χ2n) is 5.82. The third-order valence-electron chi connectivity index (χ3n) is 3.94. The monoisotopic (exact) mass is 334 g/mol. The smallest absolute Gasteiger partial charge is 0.193 e. The molecule has 3 N–H and O–H groups in total. The van der Waals surface area contributed by atoms with Crippen LogP contribution in [-0.4, -0.2) is 50.3 Å². The first-order valence-electron chi connectivity index (χ1n) is 8.92. The number of guanidine groups is 1. The van der Waals surface area contributed by atoms with Crippen LogP contribution in [0.4, 0.5) is 5.69 Å². The number of nitrogens with one attached hydrogen (secondary N) is 1. The van der Waals surface area contributed by atoms with E-state index in [9.17, 15) is 0 Å². The van der Waals surface area contributed by atoms with Gasteiger partial charge in [-0.3, -0.25) is 4.99 Å². The van der Waals surface area contributed by atoms with Crippen molar-refractivity contribution >= 4 is 11.6 Å². The Labute approximate surface area is 145 Å². The van der Waals surface area contributed by atoms with Gasteiger partial charge in [0.15, 0.2) is 5.96 Å². The molecule has 1 aliphatic heterocycles. The number of benzene rings is 1. The third kappa shape index (κ3) is 5.92. The molecular weight excluding hydrogens is 304 g/mol. The van der Waals surface area contributed by atoms with Crippen LogP contribution in [0.2, 0.25) is 0 Å². The molecule has 1 aliphatic rings. The van der Waals surface area contributed by atoms with Crippen molar-refractivity contribution in [3.8, 4) is 11.5 Å². The highest BCUT2D eigenvalue weighted by Gasteiger charge is 2.10. The number of nitrogens with zero attached hydrogens (tertiary/aromatic N) is 2. The molecule has 0 bridgehead atoms. The molecule has 1 aromatic carbocycles. The Morgan fingerprint density at radius 3 is 2.67 bits per heavy atom. The predicted octanol–water partition coefficient (Wildman–Crippen LogP) is 2.70. The Hall–Kier alpha value is -1.95. The maximum atomic E-state index is 6.02. The van der Waals surface area contributed by atoms with Crippen LogP contribution in [0.15, 0.2) is 23.2 Å². The molecule has 24 heavy (non-hydrogen) atoms. The summed E-state index contributed by atoms with van der Waals surface area (Å²) in [5, 5.41) is 3.13. The normalized spacial score (nSPS) is 15.5. The molecule has 0 amide bonds. The molecule has 0 spiro atoms. The molecule has 6 heteroatoms. The van der Waals surface area contributed by atoms with Gasteiger partial charge >= 0.3 is 0 Å². The maximum absolute atomic E-state index is 6.02. The van der Waals surface area contributed by atoms with Crippen molar-refractivity contribution in [1.82, 2.24) is 4.90 Å². The molecule has 0 aliphatic carbocycles. The lowest BCUT2D eigenvalue weighted by molar-refractivity contribution is 0.332. The first-order chi connectivity index (χ1) is 11.7. The van der Waals surface area contributed by atoms with Gasteiger partial charge in [-0.05, 0) is 64.9 Å². The standard InChI is InChI=1S/C18H30N4O2/c1-3-23-15-8-9-17(24-4-2)16(14-15)21-18(19)20-10-7-13-22-11-5-6-12-22/h8-9,14H,3-7,10-13H2,1-2H3,(H3,19,20,21). The molecule has 1 aromatic rings. The molecule has 6 nitrogen and oxygen atoms in total. The van der Waals surface area contributed by atoms with E-state index in [4.69, 9.17) is 15.2 Å².